The molecule has 102 valence electrons. The lowest BCUT2D eigenvalue weighted by Gasteiger charge is -2.05. The minimum absolute atomic E-state index is 0. The summed E-state index contributed by atoms with van der Waals surface area (Å²) in [5.74, 6) is 0.141. The van der Waals surface area contributed by atoms with E-state index in [1.54, 1.807) is 0 Å². The van der Waals surface area contributed by atoms with Gasteiger partial charge in [-0.1, -0.05) is 29.8 Å². The lowest BCUT2D eigenvalue weighted by atomic mass is 10.1. The van der Waals surface area contributed by atoms with Crippen molar-refractivity contribution in [2.24, 2.45) is 0 Å². The van der Waals surface area contributed by atoms with E-state index in [1.165, 1.54) is 11.1 Å². The molecule has 0 heterocycles. The molecule has 1 amide bonds. The zero-order valence-electron chi connectivity index (χ0n) is 11.2. The highest BCUT2D eigenvalue weighted by molar-refractivity contribution is 5.85. The Labute approximate surface area is 116 Å². The summed E-state index contributed by atoms with van der Waals surface area (Å²) in [5, 5.41) is 5.98. The van der Waals surface area contributed by atoms with Gasteiger partial charge >= 0.3 is 0 Å². The van der Waals surface area contributed by atoms with Crippen molar-refractivity contribution in [3.8, 4) is 0 Å². The van der Waals surface area contributed by atoms with Crippen molar-refractivity contribution in [3.63, 3.8) is 0 Å². The molecule has 0 aliphatic heterocycles. The summed E-state index contributed by atoms with van der Waals surface area (Å²) in [7, 11) is 1.92. The van der Waals surface area contributed by atoms with Crippen molar-refractivity contribution < 1.29 is 4.79 Å². The molecule has 0 radical (unpaired) electrons. The summed E-state index contributed by atoms with van der Waals surface area (Å²) in [6, 6.07) is 8.31. The maximum atomic E-state index is 11.5. The highest BCUT2D eigenvalue weighted by atomic mass is 35.5. The van der Waals surface area contributed by atoms with Gasteiger partial charge in [0.1, 0.15) is 0 Å². The van der Waals surface area contributed by atoms with Gasteiger partial charge in [-0.15, -0.1) is 12.4 Å². The number of halogens is 1. The Balaban J connectivity index is 0.00000289. The SMILES string of the molecule is CNCCCNC(=O)CCc1cccc(C)c1.Cl. The van der Waals surface area contributed by atoms with Gasteiger partial charge in [0.25, 0.3) is 0 Å². The Hall–Kier alpha value is -1.06. The number of rotatable bonds is 7. The molecule has 1 rings (SSSR count). The quantitative estimate of drug-likeness (QED) is 0.745. The van der Waals surface area contributed by atoms with Gasteiger partial charge in [-0.05, 0) is 38.9 Å². The van der Waals surface area contributed by atoms with E-state index in [1.807, 2.05) is 13.1 Å². The van der Waals surface area contributed by atoms with Gasteiger partial charge < -0.3 is 10.6 Å². The third kappa shape index (κ3) is 7.30. The van der Waals surface area contributed by atoms with E-state index in [4.69, 9.17) is 0 Å². The largest absolute Gasteiger partial charge is 0.356 e. The van der Waals surface area contributed by atoms with E-state index >= 15 is 0 Å². The summed E-state index contributed by atoms with van der Waals surface area (Å²) >= 11 is 0. The average molecular weight is 271 g/mol. The number of carbonyl (C=O) groups excluding carboxylic acids is 1. The highest BCUT2D eigenvalue weighted by Gasteiger charge is 2.01. The Morgan fingerprint density at radius 1 is 1.28 bits per heavy atom. The number of amides is 1. The van der Waals surface area contributed by atoms with Crippen LogP contribution in [0.25, 0.3) is 0 Å². The molecule has 0 atom stereocenters. The van der Waals surface area contributed by atoms with Crippen LogP contribution >= 0.6 is 12.4 Å². The molecule has 1 aromatic rings. The first kappa shape index (κ1) is 16.9. The number of hydrogen-bond acceptors (Lipinski definition) is 2. The van der Waals surface area contributed by atoms with Crippen LogP contribution in [0.3, 0.4) is 0 Å². The van der Waals surface area contributed by atoms with Gasteiger partial charge in [-0.25, -0.2) is 0 Å². The molecule has 1 aromatic carbocycles. The van der Waals surface area contributed by atoms with E-state index < -0.39 is 0 Å². The predicted molar refractivity (Wildman–Crippen MR) is 78.3 cm³/mol. The standard InChI is InChI=1S/C14H22N2O.ClH/c1-12-5-3-6-13(11-12)7-8-14(17)16-10-4-9-15-2;/h3,5-6,11,15H,4,7-10H2,1-2H3,(H,16,17);1H. The van der Waals surface area contributed by atoms with Crippen molar-refractivity contribution in [1.82, 2.24) is 10.6 Å². The van der Waals surface area contributed by atoms with Crippen molar-refractivity contribution in [2.75, 3.05) is 20.1 Å². The van der Waals surface area contributed by atoms with E-state index in [9.17, 15) is 4.79 Å². The molecule has 0 aromatic heterocycles. The van der Waals surface area contributed by atoms with Gasteiger partial charge in [0, 0.05) is 13.0 Å². The molecule has 4 heteroatoms. The fourth-order valence-corrected chi connectivity index (χ4v) is 1.71. The van der Waals surface area contributed by atoms with Crippen LogP contribution in [-0.2, 0) is 11.2 Å². The van der Waals surface area contributed by atoms with Crippen LogP contribution in [-0.4, -0.2) is 26.0 Å². The van der Waals surface area contributed by atoms with Crippen LogP contribution < -0.4 is 10.6 Å². The van der Waals surface area contributed by atoms with Crippen LogP contribution in [0.2, 0.25) is 0 Å². The van der Waals surface area contributed by atoms with Gasteiger partial charge in [0.15, 0.2) is 0 Å². The molecule has 0 saturated carbocycles. The molecule has 18 heavy (non-hydrogen) atoms. The Kier molecular flexibility index (Phi) is 9.33. The van der Waals surface area contributed by atoms with Gasteiger partial charge in [0.05, 0.1) is 0 Å². The fourth-order valence-electron chi connectivity index (χ4n) is 1.71. The van der Waals surface area contributed by atoms with E-state index in [-0.39, 0.29) is 18.3 Å². The first-order chi connectivity index (χ1) is 8.22. The third-order valence-electron chi connectivity index (χ3n) is 2.65. The summed E-state index contributed by atoms with van der Waals surface area (Å²) in [6.45, 7) is 3.77. The lowest BCUT2D eigenvalue weighted by molar-refractivity contribution is -0.121. The normalized spacial score (nSPS) is 9.67. The average Bonchev–Trinajstić information content (AvgIpc) is 2.32. The number of nitrogens with one attached hydrogen (secondary N) is 2. The van der Waals surface area contributed by atoms with Crippen LogP contribution in [0.4, 0.5) is 0 Å². The van der Waals surface area contributed by atoms with E-state index in [2.05, 4.69) is 35.8 Å². The number of carbonyl (C=O) groups is 1. The van der Waals surface area contributed by atoms with Gasteiger partial charge in [0.2, 0.25) is 5.91 Å². The molecule has 0 aliphatic rings. The molecular formula is C14H23ClN2O. The summed E-state index contributed by atoms with van der Waals surface area (Å²) < 4.78 is 0. The van der Waals surface area contributed by atoms with Crippen molar-refractivity contribution in [2.45, 2.75) is 26.2 Å². The van der Waals surface area contributed by atoms with Crippen LogP contribution in [0.15, 0.2) is 24.3 Å². The summed E-state index contributed by atoms with van der Waals surface area (Å²) in [4.78, 5) is 11.5. The van der Waals surface area contributed by atoms with E-state index in [0.29, 0.717) is 6.42 Å². The number of aryl methyl sites for hydroxylation is 2. The third-order valence-corrected chi connectivity index (χ3v) is 2.65. The predicted octanol–water partition coefficient (Wildman–Crippen LogP) is 2.08. The second kappa shape index (κ2) is 9.92. The first-order valence-electron chi connectivity index (χ1n) is 6.19. The smallest absolute Gasteiger partial charge is 0.220 e. The minimum Gasteiger partial charge on any atom is -0.356 e. The topological polar surface area (TPSA) is 41.1 Å². The zero-order chi connectivity index (χ0) is 12.5. The first-order valence-corrected chi connectivity index (χ1v) is 6.19. The number of benzene rings is 1. The van der Waals surface area contributed by atoms with Crippen LogP contribution in [0, 0.1) is 6.92 Å². The Bertz CT molecular complexity index is 355. The summed E-state index contributed by atoms with van der Waals surface area (Å²) in [5.41, 5.74) is 2.48. The molecular weight excluding hydrogens is 248 g/mol. The second-order valence-electron chi connectivity index (χ2n) is 4.30. The Morgan fingerprint density at radius 3 is 2.72 bits per heavy atom. The molecule has 0 saturated heterocycles. The van der Waals surface area contributed by atoms with Crippen molar-refractivity contribution in [1.29, 1.82) is 0 Å². The van der Waals surface area contributed by atoms with Crippen LogP contribution in [0.1, 0.15) is 24.0 Å². The molecule has 0 bridgehead atoms. The molecule has 0 unspecified atom stereocenters. The maximum absolute atomic E-state index is 11.5. The Morgan fingerprint density at radius 2 is 2.06 bits per heavy atom. The molecule has 2 N–H and O–H groups in total. The van der Waals surface area contributed by atoms with Gasteiger partial charge in [-0.3, -0.25) is 4.79 Å². The molecule has 0 spiro atoms. The monoisotopic (exact) mass is 270 g/mol. The zero-order valence-corrected chi connectivity index (χ0v) is 12.0. The summed E-state index contributed by atoms with van der Waals surface area (Å²) in [6.07, 6.45) is 2.37. The van der Waals surface area contributed by atoms with Crippen LogP contribution in [0.5, 0.6) is 0 Å². The van der Waals surface area contributed by atoms with Crippen molar-refractivity contribution >= 4 is 18.3 Å². The number of hydrogen-bond donors (Lipinski definition) is 2. The van der Waals surface area contributed by atoms with Crippen molar-refractivity contribution in [3.05, 3.63) is 35.4 Å². The molecule has 0 fully saturated rings. The maximum Gasteiger partial charge on any atom is 0.220 e. The highest BCUT2D eigenvalue weighted by Crippen LogP contribution is 2.06. The minimum atomic E-state index is 0. The van der Waals surface area contributed by atoms with Gasteiger partial charge in [-0.2, -0.15) is 0 Å². The molecule has 0 aliphatic carbocycles. The fraction of sp³-hybridized carbons (Fsp3) is 0.500. The molecule has 3 nitrogen and oxygen atoms in total. The lowest BCUT2D eigenvalue weighted by Crippen LogP contribution is -2.26. The second-order valence-corrected chi connectivity index (χ2v) is 4.30. The van der Waals surface area contributed by atoms with E-state index in [0.717, 1.165) is 25.9 Å².